The van der Waals surface area contributed by atoms with Gasteiger partial charge in [0.25, 0.3) is 5.69 Å². The molecule has 3 aromatic rings. The van der Waals surface area contributed by atoms with Gasteiger partial charge in [-0.05, 0) is 37.5 Å². The molecule has 1 saturated heterocycles. The first-order valence-corrected chi connectivity index (χ1v) is 12.3. The Labute approximate surface area is 189 Å². The summed E-state index contributed by atoms with van der Waals surface area (Å²) >= 11 is 1.44. The number of carbonyl (C=O) groups is 1. The van der Waals surface area contributed by atoms with Crippen molar-refractivity contribution in [2.45, 2.75) is 24.7 Å². The normalized spacial score (nSPS) is 15.7. The lowest BCUT2D eigenvalue weighted by atomic mass is 9.97. The fourth-order valence-electron chi connectivity index (χ4n) is 3.83. The number of sulfonamides is 1. The van der Waals surface area contributed by atoms with Crippen LogP contribution in [0.15, 0.2) is 47.4 Å². The van der Waals surface area contributed by atoms with Crippen LogP contribution in [0.5, 0.6) is 0 Å². The molecule has 0 saturated carbocycles. The molecule has 1 aliphatic heterocycles. The number of hydrogen-bond donors (Lipinski definition) is 0. The van der Waals surface area contributed by atoms with Gasteiger partial charge in [-0.3, -0.25) is 19.8 Å². The van der Waals surface area contributed by atoms with E-state index in [1.807, 2.05) is 24.3 Å². The van der Waals surface area contributed by atoms with Gasteiger partial charge >= 0.3 is 0 Å². The van der Waals surface area contributed by atoms with Gasteiger partial charge in [0.1, 0.15) is 0 Å². The zero-order valence-corrected chi connectivity index (χ0v) is 19.2. The minimum absolute atomic E-state index is 0.0666. The van der Waals surface area contributed by atoms with Crippen LogP contribution in [0.1, 0.15) is 18.4 Å². The summed E-state index contributed by atoms with van der Waals surface area (Å²) in [6.45, 7) is 1.96. The Bertz CT molecular complexity index is 1260. The number of carbonyl (C=O) groups excluding carboxylic acids is 1. The lowest BCUT2D eigenvalue weighted by Crippen LogP contribution is -2.43. The van der Waals surface area contributed by atoms with Crippen LogP contribution in [-0.2, 0) is 14.8 Å². The standard InChI is InChI=1S/C21H22N4O5S2/c1-14-7-8-16(25(27)28)13-19(14)32(29,30)24-11-9-15(10-12-24)20(26)23(2)21-22-17-5-3-4-6-18(17)31-21/h3-8,13,15H,9-12H2,1-2H3. The summed E-state index contributed by atoms with van der Waals surface area (Å²) in [5.74, 6) is -0.405. The maximum absolute atomic E-state index is 13.1. The number of rotatable bonds is 5. The summed E-state index contributed by atoms with van der Waals surface area (Å²) in [4.78, 5) is 29.5. The Morgan fingerprint density at radius 1 is 1.22 bits per heavy atom. The second-order valence-corrected chi connectivity index (χ2v) is 10.7. The minimum Gasteiger partial charge on any atom is -0.291 e. The van der Waals surface area contributed by atoms with Gasteiger partial charge in [0, 0.05) is 38.2 Å². The topological polar surface area (TPSA) is 114 Å². The molecule has 2 aromatic carbocycles. The van der Waals surface area contributed by atoms with Gasteiger partial charge in [0.2, 0.25) is 15.9 Å². The molecule has 1 fully saturated rings. The SMILES string of the molecule is Cc1ccc([N+](=O)[O-])cc1S(=O)(=O)N1CCC(C(=O)N(C)c2nc3ccccc3s2)CC1. The minimum atomic E-state index is -3.89. The third-order valence-corrected chi connectivity index (χ3v) is 8.86. The van der Waals surface area contributed by atoms with E-state index in [0.717, 1.165) is 16.3 Å². The zero-order valence-electron chi connectivity index (χ0n) is 17.6. The third-order valence-electron chi connectivity index (χ3n) is 5.70. The molecule has 4 rings (SSSR count). The van der Waals surface area contributed by atoms with Gasteiger partial charge in [-0.15, -0.1) is 0 Å². The van der Waals surface area contributed by atoms with Gasteiger partial charge < -0.3 is 0 Å². The van der Waals surface area contributed by atoms with Crippen molar-refractivity contribution in [1.82, 2.24) is 9.29 Å². The molecular weight excluding hydrogens is 452 g/mol. The molecule has 0 N–H and O–H groups in total. The highest BCUT2D eigenvalue weighted by Crippen LogP contribution is 2.32. The van der Waals surface area contributed by atoms with Crippen LogP contribution in [-0.4, -0.2) is 48.7 Å². The number of nitro benzene ring substituents is 1. The number of nitrogens with zero attached hydrogens (tertiary/aromatic N) is 4. The Kier molecular flexibility index (Phi) is 5.97. The monoisotopic (exact) mass is 474 g/mol. The fraction of sp³-hybridized carbons (Fsp3) is 0.333. The van der Waals surface area contributed by atoms with Crippen LogP contribution < -0.4 is 4.90 Å². The number of aromatic nitrogens is 1. The molecule has 0 bridgehead atoms. The summed E-state index contributed by atoms with van der Waals surface area (Å²) in [7, 11) is -2.20. The first-order chi connectivity index (χ1) is 15.2. The molecule has 1 aliphatic rings. The Balaban J connectivity index is 1.47. The molecular formula is C21H22N4O5S2. The van der Waals surface area contributed by atoms with Crippen LogP contribution in [0.2, 0.25) is 0 Å². The third kappa shape index (κ3) is 4.10. The predicted octanol–water partition coefficient (Wildman–Crippen LogP) is 3.58. The molecule has 0 spiro atoms. The van der Waals surface area contributed by atoms with Crippen molar-refractivity contribution < 1.29 is 18.1 Å². The van der Waals surface area contributed by atoms with Crippen molar-refractivity contribution >= 4 is 48.3 Å². The van der Waals surface area contributed by atoms with Crippen LogP contribution >= 0.6 is 11.3 Å². The molecule has 168 valence electrons. The van der Waals surface area contributed by atoms with Gasteiger partial charge in [-0.1, -0.05) is 29.5 Å². The van der Waals surface area contributed by atoms with Gasteiger partial charge in [-0.2, -0.15) is 4.31 Å². The second-order valence-electron chi connectivity index (χ2n) is 7.75. The summed E-state index contributed by atoms with van der Waals surface area (Å²) in [6, 6.07) is 11.5. The Hall–Kier alpha value is -2.89. The number of amides is 1. The highest BCUT2D eigenvalue weighted by Gasteiger charge is 2.35. The largest absolute Gasteiger partial charge is 0.291 e. The number of fused-ring (bicyclic) bond motifs is 1. The Morgan fingerprint density at radius 3 is 2.56 bits per heavy atom. The molecule has 1 amide bonds. The van der Waals surface area contributed by atoms with Gasteiger partial charge in [0.15, 0.2) is 5.13 Å². The lowest BCUT2D eigenvalue weighted by molar-refractivity contribution is -0.385. The maximum Gasteiger partial charge on any atom is 0.270 e. The number of thiazole rings is 1. The van der Waals surface area contributed by atoms with E-state index in [0.29, 0.717) is 23.5 Å². The summed E-state index contributed by atoms with van der Waals surface area (Å²) in [5.41, 5.74) is 1.02. The number of aryl methyl sites for hydroxylation is 1. The number of benzene rings is 2. The van der Waals surface area contributed by atoms with Crippen LogP contribution in [0.25, 0.3) is 10.2 Å². The molecule has 9 nitrogen and oxygen atoms in total. The number of anilines is 1. The smallest absolute Gasteiger partial charge is 0.270 e. The number of non-ortho nitro benzene ring substituents is 1. The van der Waals surface area contributed by atoms with Crippen molar-refractivity contribution in [3.63, 3.8) is 0 Å². The molecule has 0 unspecified atom stereocenters. The molecule has 0 aliphatic carbocycles. The number of para-hydroxylation sites is 1. The van der Waals surface area contributed by atoms with Gasteiger partial charge in [-0.25, -0.2) is 13.4 Å². The van der Waals surface area contributed by atoms with Crippen molar-refractivity contribution in [3.05, 3.63) is 58.1 Å². The Morgan fingerprint density at radius 2 is 1.91 bits per heavy atom. The molecule has 0 atom stereocenters. The van der Waals surface area contributed by atoms with E-state index < -0.39 is 14.9 Å². The number of hydrogen-bond acceptors (Lipinski definition) is 7. The molecule has 2 heterocycles. The average Bonchev–Trinajstić information content (AvgIpc) is 3.22. The zero-order chi connectivity index (χ0) is 23.0. The van der Waals surface area contributed by atoms with E-state index in [1.54, 1.807) is 18.9 Å². The predicted molar refractivity (Wildman–Crippen MR) is 122 cm³/mol. The summed E-state index contributed by atoms with van der Waals surface area (Å²) < 4.78 is 28.5. The van der Waals surface area contributed by atoms with Crippen LogP contribution in [0.3, 0.4) is 0 Å². The summed E-state index contributed by atoms with van der Waals surface area (Å²) in [6.07, 6.45) is 0.753. The van der Waals surface area contributed by atoms with Gasteiger partial charge in [0.05, 0.1) is 20.0 Å². The van der Waals surface area contributed by atoms with Crippen molar-refractivity contribution in [1.29, 1.82) is 0 Å². The van der Waals surface area contributed by atoms with Crippen LogP contribution in [0.4, 0.5) is 10.8 Å². The number of nitro groups is 1. The van der Waals surface area contributed by atoms with Crippen molar-refractivity contribution in [3.8, 4) is 0 Å². The highest BCUT2D eigenvalue weighted by atomic mass is 32.2. The fourth-order valence-corrected chi connectivity index (χ4v) is 6.48. The first-order valence-electron chi connectivity index (χ1n) is 10.1. The second kappa shape index (κ2) is 8.57. The first kappa shape index (κ1) is 22.3. The van der Waals surface area contributed by atoms with E-state index in [-0.39, 0.29) is 35.5 Å². The molecule has 0 radical (unpaired) electrons. The van der Waals surface area contributed by atoms with E-state index in [1.165, 1.54) is 27.8 Å². The molecule has 11 heteroatoms. The highest BCUT2D eigenvalue weighted by molar-refractivity contribution is 7.89. The van der Waals surface area contributed by atoms with Crippen molar-refractivity contribution in [2.24, 2.45) is 5.92 Å². The van der Waals surface area contributed by atoms with E-state index in [9.17, 15) is 23.3 Å². The quantitative estimate of drug-likeness (QED) is 0.413. The van der Waals surface area contributed by atoms with Crippen LogP contribution in [0, 0.1) is 23.0 Å². The average molecular weight is 475 g/mol. The number of piperidine rings is 1. The molecule has 32 heavy (non-hydrogen) atoms. The van der Waals surface area contributed by atoms with E-state index in [4.69, 9.17) is 0 Å². The lowest BCUT2D eigenvalue weighted by Gasteiger charge is -2.32. The summed E-state index contributed by atoms with van der Waals surface area (Å²) in [5, 5.41) is 11.7. The van der Waals surface area contributed by atoms with Crippen molar-refractivity contribution in [2.75, 3.05) is 25.0 Å². The maximum atomic E-state index is 13.1. The van der Waals surface area contributed by atoms with E-state index in [2.05, 4.69) is 4.98 Å². The van der Waals surface area contributed by atoms with E-state index >= 15 is 0 Å². The molecule has 1 aromatic heterocycles.